The molecular formula is C22H16N4O2S. The molecule has 7 heteroatoms. The van der Waals surface area contributed by atoms with Crippen LogP contribution in [0.1, 0.15) is 12.2 Å². The maximum Gasteiger partial charge on any atom is 0.258 e. The van der Waals surface area contributed by atoms with Gasteiger partial charge in [0.25, 0.3) is 5.56 Å². The molecular weight excluding hydrogens is 384 g/mol. The van der Waals surface area contributed by atoms with Crippen molar-refractivity contribution in [1.82, 2.24) is 15.0 Å². The van der Waals surface area contributed by atoms with Crippen LogP contribution in [0, 0.1) is 0 Å². The van der Waals surface area contributed by atoms with E-state index in [4.69, 9.17) is 0 Å². The highest BCUT2D eigenvalue weighted by molar-refractivity contribution is 7.22. The molecule has 5 aromatic rings. The monoisotopic (exact) mass is 400 g/mol. The lowest BCUT2D eigenvalue weighted by molar-refractivity contribution is -0.116. The zero-order chi connectivity index (χ0) is 19.8. The Morgan fingerprint density at radius 1 is 0.966 bits per heavy atom. The number of anilines is 1. The Kier molecular flexibility index (Phi) is 4.29. The highest BCUT2D eigenvalue weighted by Gasteiger charge is 2.11. The molecule has 142 valence electrons. The molecule has 6 nitrogen and oxygen atoms in total. The van der Waals surface area contributed by atoms with Crippen LogP contribution in [0.15, 0.2) is 65.5 Å². The van der Waals surface area contributed by atoms with Gasteiger partial charge >= 0.3 is 0 Å². The molecule has 0 aliphatic carbocycles. The van der Waals surface area contributed by atoms with Crippen LogP contribution >= 0.6 is 11.3 Å². The average molecular weight is 400 g/mol. The molecule has 0 fully saturated rings. The predicted octanol–water partition coefficient (Wildman–Crippen LogP) is 4.26. The number of rotatable bonds is 4. The summed E-state index contributed by atoms with van der Waals surface area (Å²) in [5, 5.41) is 6.17. The number of carbonyl (C=O) groups is 1. The Morgan fingerprint density at radius 2 is 1.76 bits per heavy atom. The number of fused-ring (bicyclic) bond motifs is 4. The number of para-hydroxylation sites is 1. The summed E-state index contributed by atoms with van der Waals surface area (Å²) in [7, 11) is 0. The van der Waals surface area contributed by atoms with E-state index >= 15 is 0 Å². The largest absolute Gasteiger partial charge is 0.310 e. The first kappa shape index (κ1) is 17.5. The van der Waals surface area contributed by atoms with Gasteiger partial charge in [-0.05, 0) is 23.6 Å². The van der Waals surface area contributed by atoms with Crippen molar-refractivity contribution in [3.05, 3.63) is 76.8 Å². The van der Waals surface area contributed by atoms with Gasteiger partial charge in [0.15, 0.2) is 5.13 Å². The van der Waals surface area contributed by atoms with Crippen LogP contribution in [-0.2, 0) is 11.2 Å². The number of aryl methyl sites for hydroxylation is 1. The van der Waals surface area contributed by atoms with E-state index < -0.39 is 0 Å². The second-order valence-electron chi connectivity index (χ2n) is 6.73. The van der Waals surface area contributed by atoms with E-state index in [0.717, 1.165) is 21.0 Å². The van der Waals surface area contributed by atoms with E-state index in [1.54, 1.807) is 18.2 Å². The standard InChI is InChI=1S/C22H16N4O2S/c27-19(12-11-18-23-16-8-4-3-7-15(16)21(28)24-18)25-22-26-20-14-6-2-1-5-13(14)9-10-17(20)29-22/h1-10H,11-12H2,(H,23,24,28)(H,25,26,27). The highest BCUT2D eigenvalue weighted by Crippen LogP contribution is 2.31. The van der Waals surface area contributed by atoms with Crippen LogP contribution in [-0.4, -0.2) is 20.9 Å². The van der Waals surface area contributed by atoms with Crippen LogP contribution < -0.4 is 10.9 Å². The molecule has 2 aromatic heterocycles. The third-order valence-electron chi connectivity index (χ3n) is 4.78. The topological polar surface area (TPSA) is 87.7 Å². The normalized spacial score (nSPS) is 11.3. The lowest BCUT2D eigenvalue weighted by Crippen LogP contribution is -2.16. The summed E-state index contributed by atoms with van der Waals surface area (Å²) in [6.07, 6.45) is 0.553. The van der Waals surface area contributed by atoms with Gasteiger partial charge in [-0.2, -0.15) is 0 Å². The van der Waals surface area contributed by atoms with Crippen LogP contribution in [0.3, 0.4) is 0 Å². The number of aromatic amines is 1. The van der Waals surface area contributed by atoms with E-state index in [1.807, 2.05) is 36.4 Å². The molecule has 3 aromatic carbocycles. The minimum atomic E-state index is -0.191. The molecule has 29 heavy (non-hydrogen) atoms. The van der Waals surface area contributed by atoms with E-state index in [1.165, 1.54) is 11.3 Å². The fraction of sp³-hybridized carbons (Fsp3) is 0.0909. The highest BCUT2D eigenvalue weighted by atomic mass is 32.1. The molecule has 0 aliphatic rings. The Bertz CT molecular complexity index is 1440. The molecule has 0 saturated carbocycles. The summed E-state index contributed by atoms with van der Waals surface area (Å²) < 4.78 is 1.03. The summed E-state index contributed by atoms with van der Waals surface area (Å²) in [5.41, 5.74) is 1.33. The zero-order valence-electron chi connectivity index (χ0n) is 15.3. The number of nitrogens with zero attached hydrogens (tertiary/aromatic N) is 2. The zero-order valence-corrected chi connectivity index (χ0v) is 16.1. The fourth-order valence-electron chi connectivity index (χ4n) is 3.38. The van der Waals surface area contributed by atoms with Crippen molar-refractivity contribution < 1.29 is 4.79 Å². The lowest BCUT2D eigenvalue weighted by Gasteiger charge is -2.03. The van der Waals surface area contributed by atoms with Crippen molar-refractivity contribution in [2.75, 3.05) is 5.32 Å². The Morgan fingerprint density at radius 3 is 2.66 bits per heavy atom. The van der Waals surface area contributed by atoms with Crippen molar-refractivity contribution >= 4 is 54.3 Å². The lowest BCUT2D eigenvalue weighted by atomic mass is 10.1. The van der Waals surface area contributed by atoms with Gasteiger partial charge in [-0.3, -0.25) is 9.59 Å². The van der Waals surface area contributed by atoms with Gasteiger partial charge in [-0.15, -0.1) is 0 Å². The van der Waals surface area contributed by atoms with Crippen molar-refractivity contribution in [3.8, 4) is 0 Å². The first-order chi connectivity index (χ1) is 14.2. The first-order valence-electron chi connectivity index (χ1n) is 9.23. The Labute approximate surface area is 169 Å². The third kappa shape index (κ3) is 3.36. The maximum absolute atomic E-state index is 12.4. The minimum absolute atomic E-state index is 0.163. The van der Waals surface area contributed by atoms with Crippen molar-refractivity contribution in [1.29, 1.82) is 0 Å². The van der Waals surface area contributed by atoms with E-state index in [-0.39, 0.29) is 17.9 Å². The van der Waals surface area contributed by atoms with Crippen LogP contribution in [0.25, 0.3) is 31.9 Å². The van der Waals surface area contributed by atoms with Gasteiger partial charge in [-0.1, -0.05) is 53.8 Å². The molecule has 0 atom stereocenters. The molecule has 0 spiro atoms. The second kappa shape index (κ2) is 7.10. The second-order valence-corrected chi connectivity index (χ2v) is 7.76. The predicted molar refractivity (Wildman–Crippen MR) is 116 cm³/mol. The number of nitrogens with one attached hydrogen (secondary N) is 2. The molecule has 0 aliphatic heterocycles. The molecule has 0 unspecified atom stereocenters. The molecule has 0 saturated heterocycles. The van der Waals surface area contributed by atoms with Crippen LogP contribution in [0.2, 0.25) is 0 Å². The van der Waals surface area contributed by atoms with E-state index in [9.17, 15) is 9.59 Å². The van der Waals surface area contributed by atoms with Crippen molar-refractivity contribution in [2.45, 2.75) is 12.8 Å². The molecule has 5 rings (SSSR count). The molecule has 2 N–H and O–H groups in total. The maximum atomic E-state index is 12.4. The number of thiazole rings is 1. The smallest absolute Gasteiger partial charge is 0.258 e. The van der Waals surface area contributed by atoms with E-state index in [0.29, 0.717) is 28.3 Å². The molecule has 0 radical (unpaired) electrons. The number of H-pyrrole nitrogens is 1. The van der Waals surface area contributed by atoms with Gasteiger partial charge in [0.05, 0.1) is 21.1 Å². The number of carbonyl (C=O) groups excluding carboxylic acids is 1. The van der Waals surface area contributed by atoms with Gasteiger partial charge in [0.2, 0.25) is 5.91 Å². The Balaban J connectivity index is 1.33. The average Bonchev–Trinajstić information content (AvgIpc) is 3.15. The summed E-state index contributed by atoms with van der Waals surface area (Å²) in [5.74, 6) is 0.336. The van der Waals surface area contributed by atoms with Gasteiger partial charge < -0.3 is 10.3 Å². The number of benzene rings is 3. The first-order valence-corrected chi connectivity index (χ1v) is 10.0. The number of hydrogen-bond donors (Lipinski definition) is 2. The van der Waals surface area contributed by atoms with E-state index in [2.05, 4.69) is 26.3 Å². The SMILES string of the molecule is O=C(CCc1nc2ccccc2c(=O)[nH]1)Nc1nc2c(ccc3ccccc32)s1. The fourth-order valence-corrected chi connectivity index (χ4v) is 4.28. The van der Waals surface area contributed by atoms with Crippen LogP contribution in [0.5, 0.6) is 0 Å². The number of hydrogen-bond acceptors (Lipinski definition) is 5. The number of aromatic nitrogens is 3. The van der Waals surface area contributed by atoms with Gasteiger partial charge in [-0.25, -0.2) is 9.97 Å². The van der Waals surface area contributed by atoms with Crippen molar-refractivity contribution in [2.24, 2.45) is 0 Å². The molecule has 1 amide bonds. The van der Waals surface area contributed by atoms with Gasteiger partial charge in [0.1, 0.15) is 5.82 Å². The quantitative estimate of drug-likeness (QED) is 0.472. The molecule has 0 bridgehead atoms. The summed E-state index contributed by atoms with van der Waals surface area (Å²) in [4.78, 5) is 36.3. The minimum Gasteiger partial charge on any atom is -0.310 e. The Hall–Kier alpha value is -3.58. The van der Waals surface area contributed by atoms with Gasteiger partial charge in [0, 0.05) is 18.2 Å². The van der Waals surface area contributed by atoms with Crippen molar-refractivity contribution in [3.63, 3.8) is 0 Å². The summed E-state index contributed by atoms with van der Waals surface area (Å²) in [6.45, 7) is 0. The molecule has 2 heterocycles. The third-order valence-corrected chi connectivity index (χ3v) is 5.72. The van der Waals surface area contributed by atoms with Crippen LogP contribution in [0.4, 0.5) is 5.13 Å². The number of amides is 1. The summed E-state index contributed by atoms with van der Waals surface area (Å²) in [6, 6.07) is 19.3. The summed E-state index contributed by atoms with van der Waals surface area (Å²) >= 11 is 1.45.